The summed E-state index contributed by atoms with van der Waals surface area (Å²) in [5.74, 6) is -1.17. The molecule has 0 radical (unpaired) electrons. The minimum Gasteiger partial charge on any atom is -0.481 e. The average Bonchev–Trinajstić information content (AvgIpc) is 2.67. The van der Waals surface area contributed by atoms with Crippen LogP contribution in [0.2, 0.25) is 0 Å². The number of aliphatic carboxylic acids is 1. The average molecular weight is 246 g/mol. The first-order valence-corrected chi connectivity index (χ1v) is 5.63. The number of nitrogens with one attached hydrogen (secondary N) is 1. The van der Waals surface area contributed by atoms with Crippen molar-refractivity contribution >= 4 is 22.8 Å². The Labute approximate surface area is 104 Å². The smallest absolute Gasteiger partial charge is 0.305 e. The first-order chi connectivity index (χ1) is 8.59. The van der Waals surface area contributed by atoms with Crippen LogP contribution >= 0.6 is 0 Å². The summed E-state index contributed by atoms with van der Waals surface area (Å²) < 4.78 is 1.88. The number of para-hydroxylation sites is 1. The summed E-state index contributed by atoms with van der Waals surface area (Å²) in [6.45, 7) is 0.136. The Bertz CT molecular complexity index is 601. The molecule has 0 saturated heterocycles. The van der Waals surface area contributed by atoms with Gasteiger partial charge in [0.1, 0.15) is 0 Å². The summed E-state index contributed by atoms with van der Waals surface area (Å²) in [6, 6.07) is 7.59. The van der Waals surface area contributed by atoms with Gasteiger partial charge in [-0.15, -0.1) is 0 Å². The van der Waals surface area contributed by atoms with E-state index in [0.717, 1.165) is 10.9 Å². The van der Waals surface area contributed by atoms with Crippen molar-refractivity contribution in [3.05, 3.63) is 36.0 Å². The molecule has 0 atom stereocenters. The number of benzene rings is 1. The highest BCUT2D eigenvalue weighted by Crippen LogP contribution is 2.19. The van der Waals surface area contributed by atoms with Gasteiger partial charge in [0.25, 0.3) is 5.91 Å². The highest BCUT2D eigenvalue weighted by molar-refractivity contribution is 6.07. The van der Waals surface area contributed by atoms with Gasteiger partial charge in [-0.05, 0) is 6.07 Å². The second-order valence-electron chi connectivity index (χ2n) is 4.07. The summed E-state index contributed by atoms with van der Waals surface area (Å²) in [6.07, 6.45) is 1.68. The predicted octanol–water partition coefficient (Wildman–Crippen LogP) is 1.38. The van der Waals surface area contributed by atoms with Crippen LogP contribution in [0.5, 0.6) is 0 Å². The number of fused-ring (bicyclic) bond motifs is 1. The van der Waals surface area contributed by atoms with Crippen LogP contribution in [0.3, 0.4) is 0 Å². The molecule has 94 valence electrons. The SMILES string of the molecule is Cn1cc(C(=O)NCCC(=O)O)c2ccccc21. The second kappa shape index (κ2) is 4.91. The van der Waals surface area contributed by atoms with E-state index in [1.807, 2.05) is 35.9 Å². The third-order valence-electron chi connectivity index (χ3n) is 2.77. The molecule has 1 heterocycles. The molecule has 2 rings (SSSR count). The van der Waals surface area contributed by atoms with Gasteiger partial charge < -0.3 is 15.0 Å². The fourth-order valence-electron chi connectivity index (χ4n) is 1.90. The molecule has 18 heavy (non-hydrogen) atoms. The fraction of sp³-hybridized carbons (Fsp3) is 0.231. The van der Waals surface area contributed by atoms with E-state index in [4.69, 9.17) is 5.11 Å². The molecule has 0 aliphatic carbocycles. The number of carbonyl (C=O) groups is 2. The molecule has 1 aromatic carbocycles. The van der Waals surface area contributed by atoms with Crippen LogP contribution in [0.25, 0.3) is 10.9 Å². The first-order valence-electron chi connectivity index (χ1n) is 5.63. The number of hydrogen-bond donors (Lipinski definition) is 2. The molecule has 0 saturated carbocycles. The molecular formula is C13H14N2O3. The molecule has 1 amide bonds. The van der Waals surface area contributed by atoms with E-state index < -0.39 is 5.97 Å². The Morgan fingerprint density at radius 3 is 2.78 bits per heavy atom. The molecule has 0 aliphatic heterocycles. The lowest BCUT2D eigenvalue weighted by molar-refractivity contribution is -0.136. The van der Waals surface area contributed by atoms with E-state index in [9.17, 15) is 9.59 Å². The van der Waals surface area contributed by atoms with Gasteiger partial charge in [-0.25, -0.2) is 0 Å². The Morgan fingerprint density at radius 1 is 1.33 bits per heavy atom. The number of carboxylic acids is 1. The Kier molecular flexibility index (Phi) is 3.32. The molecule has 0 fully saturated rings. The molecule has 5 heteroatoms. The maximum atomic E-state index is 11.9. The Hall–Kier alpha value is -2.30. The van der Waals surface area contributed by atoms with Gasteiger partial charge in [-0.2, -0.15) is 0 Å². The number of hydrogen-bond acceptors (Lipinski definition) is 2. The first kappa shape index (κ1) is 12.2. The van der Waals surface area contributed by atoms with E-state index >= 15 is 0 Å². The lowest BCUT2D eigenvalue weighted by Crippen LogP contribution is -2.25. The van der Waals surface area contributed by atoms with Gasteiger partial charge in [0.05, 0.1) is 12.0 Å². The predicted molar refractivity (Wildman–Crippen MR) is 67.5 cm³/mol. The third-order valence-corrected chi connectivity index (χ3v) is 2.77. The molecule has 0 spiro atoms. The molecule has 0 unspecified atom stereocenters. The zero-order chi connectivity index (χ0) is 13.1. The van der Waals surface area contributed by atoms with Gasteiger partial charge in [0, 0.05) is 30.7 Å². The number of aryl methyl sites for hydroxylation is 1. The van der Waals surface area contributed by atoms with E-state index in [1.165, 1.54) is 0 Å². The van der Waals surface area contributed by atoms with Crippen molar-refractivity contribution in [2.75, 3.05) is 6.54 Å². The summed E-state index contributed by atoms with van der Waals surface area (Å²) in [5.41, 5.74) is 1.54. The van der Waals surface area contributed by atoms with Crippen LogP contribution in [0.4, 0.5) is 0 Å². The summed E-state index contributed by atoms with van der Waals surface area (Å²) in [7, 11) is 1.87. The van der Waals surface area contributed by atoms with Gasteiger partial charge in [0.15, 0.2) is 0 Å². The lowest BCUT2D eigenvalue weighted by Gasteiger charge is -2.01. The minimum atomic E-state index is -0.923. The van der Waals surface area contributed by atoms with Crippen molar-refractivity contribution < 1.29 is 14.7 Å². The summed E-state index contributed by atoms with van der Waals surface area (Å²) >= 11 is 0. The lowest BCUT2D eigenvalue weighted by atomic mass is 10.1. The van der Waals surface area contributed by atoms with Crippen molar-refractivity contribution in [3.63, 3.8) is 0 Å². The molecule has 2 N–H and O–H groups in total. The standard InChI is InChI=1S/C13H14N2O3/c1-15-8-10(9-4-2-3-5-11(9)15)13(18)14-7-6-12(16)17/h2-5,8H,6-7H2,1H3,(H,14,18)(H,16,17). The third kappa shape index (κ3) is 2.34. The Morgan fingerprint density at radius 2 is 2.06 bits per heavy atom. The molecule has 0 aliphatic rings. The minimum absolute atomic E-state index is 0.0729. The summed E-state index contributed by atoms with van der Waals surface area (Å²) in [5, 5.41) is 12.0. The fourth-order valence-corrected chi connectivity index (χ4v) is 1.90. The topological polar surface area (TPSA) is 71.3 Å². The number of nitrogens with zero attached hydrogens (tertiary/aromatic N) is 1. The molecule has 1 aromatic heterocycles. The van der Waals surface area contributed by atoms with Crippen molar-refractivity contribution in [1.29, 1.82) is 0 Å². The van der Waals surface area contributed by atoms with Crippen molar-refractivity contribution in [3.8, 4) is 0 Å². The number of amides is 1. The zero-order valence-electron chi connectivity index (χ0n) is 10.0. The van der Waals surface area contributed by atoms with Crippen LogP contribution in [0.15, 0.2) is 30.5 Å². The maximum absolute atomic E-state index is 11.9. The number of carboxylic acid groups (broad SMARTS) is 1. The highest BCUT2D eigenvalue weighted by Gasteiger charge is 2.13. The zero-order valence-corrected chi connectivity index (χ0v) is 10.0. The van der Waals surface area contributed by atoms with Gasteiger partial charge in [-0.3, -0.25) is 9.59 Å². The Balaban J connectivity index is 2.20. The van der Waals surface area contributed by atoms with Crippen LogP contribution in [0.1, 0.15) is 16.8 Å². The highest BCUT2D eigenvalue weighted by atomic mass is 16.4. The largest absolute Gasteiger partial charge is 0.481 e. The second-order valence-corrected chi connectivity index (χ2v) is 4.07. The molecule has 5 nitrogen and oxygen atoms in total. The van der Waals surface area contributed by atoms with E-state index in [-0.39, 0.29) is 18.9 Å². The number of aromatic nitrogens is 1. The van der Waals surface area contributed by atoms with Gasteiger partial charge >= 0.3 is 5.97 Å². The number of carbonyl (C=O) groups excluding carboxylic acids is 1. The van der Waals surface area contributed by atoms with Crippen LogP contribution in [-0.4, -0.2) is 28.1 Å². The van der Waals surface area contributed by atoms with Crippen LogP contribution in [0, 0.1) is 0 Å². The van der Waals surface area contributed by atoms with Gasteiger partial charge in [0.2, 0.25) is 0 Å². The van der Waals surface area contributed by atoms with E-state index in [2.05, 4.69) is 5.32 Å². The van der Waals surface area contributed by atoms with Crippen molar-refractivity contribution in [2.24, 2.45) is 7.05 Å². The molecule has 0 bridgehead atoms. The number of rotatable bonds is 4. The van der Waals surface area contributed by atoms with Gasteiger partial charge in [-0.1, -0.05) is 18.2 Å². The summed E-state index contributed by atoms with van der Waals surface area (Å²) in [4.78, 5) is 22.3. The van der Waals surface area contributed by atoms with Crippen LogP contribution < -0.4 is 5.32 Å². The quantitative estimate of drug-likeness (QED) is 0.856. The van der Waals surface area contributed by atoms with Crippen molar-refractivity contribution in [2.45, 2.75) is 6.42 Å². The molecular weight excluding hydrogens is 232 g/mol. The van der Waals surface area contributed by atoms with E-state index in [0.29, 0.717) is 5.56 Å². The molecule has 2 aromatic rings. The normalized spacial score (nSPS) is 10.5. The monoisotopic (exact) mass is 246 g/mol. The maximum Gasteiger partial charge on any atom is 0.305 e. The van der Waals surface area contributed by atoms with Crippen LogP contribution in [-0.2, 0) is 11.8 Å². The van der Waals surface area contributed by atoms with Crippen molar-refractivity contribution in [1.82, 2.24) is 9.88 Å². The van der Waals surface area contributed by atoms with E-state index in [1.54, 1.807) is 6.20 Å².